The second-order valence-electron chi connectivity index (χ2n) is 2.92. The minimum Gasteiger partial charge on any atom is -0.425 e. The van der Waals surface area contributed by atoms with Gasteiger partial charge in [-0.05, 0) is 24.3 Å². The van der Waals surface area contributed by atoms with Crippen molar-refractivity contribution in [3.8, 4) is 5.75 Å². The van der Waals surface area contributed by atoms with Crippen molar-refractivity contribution < 1.29 is 27.2 Å². The average Bonchev–Trinajstić information content (AvgIpc) is 2.00. The molecule has 0 fully saturated rings. The van der Waals surface area contributed by atoms with Gasteiger partial charge < -0.3 is 9.42 Å². The van der Waals surface area contributed by atoms with Gasteiger partial charge in [0.2, 0.25) is 0 Å². The van der Waals surface area contributed by atoms with Crippen molar-refractivity contribution >= 4 is 7.60 Å². The van der Waals surface area contributed by atoms with Crippen LogP contribution in [-0.2, 0) is 10.7 Å². The Morgan fingerprint density at radius 1 is 1.27 bits per heavy atom. The molecule has 1 rings (SSSR count). The molecule has 0 spiro atoms. The number of benzene rings is 1. The molecule has 0 aliphatic carbocycles. The summed E-state index contributed by atoms with van der Waals surface area (Å²) < 4.78 is 51.6. The van der Waals surface area contributed by atoms with Crippen LogP contribution in [0.15, 0.2) is 24.3 Å². The fourth-order valence-corrected chi connectivity index (χ4v) is 1.41. The first kappa shape index (κ1) is 12.1. The number of alkyl halides is 3. The first-order valence-corrected chi connectivity index (χ1v) is 5.88. The Bertz CT molecular complexity index is 379. The van der Waals surface area contributed by atoms with Crippen molar-refractivity contribution in [1.82, 2.24) is 0 Å². The Balaban J connectivity index is 2.87. The molecule has 15 heavy (non-hydrogen) atoms. The molecule has 0 amide bonds. The summed E-state index contributed by atoms with van der Waals surface area (Å²) in [7, 11) is -3.72. The second kappa shape index (κ2) is 3.87. The minimum atomic E-state index is -4.42. The summed E-state index contributed by atoms with van der Waals surface area (Å²) in [5.41, 5.74) is -0.835. The number of halogens is 3. The van der Waals surface area contributed by atoms with Gasteiger partial charge >= 0.3 is 13.8 Å². The standard InChI is InChI=1S/C8H8F3O3P/c1-15(12,13)14-7-4-2-6(3-5-7)8(9,10)11/h2-5H,1H3,(H,12,13). The summed E-state index contributed by atoms with van der Waals surface area (Å²) in [6.07, 6.45) is -4.42. The molecule has 1 N–H and O–H groups in total. The molecular weight excluding hydrogens is 232 g/mol. The van der Waals surface area contributed by atoms with Crippen molar-refractivity contribution in [2.24, 2.45) is 0 Å². The first-order valence-electron chi connectivity index (χ1n) is 3.85. The molecule has 3 nitrogen and oxygen atoms in total. The molecule has 0 aliphatic rings. The molecule has 0 saturated carbocycles. The molecule has 1 unspecified atom stereocenters. The molecule has 0 bridgehead atoms. The number of hydrogen-bond donors (Lipinski definition) is 1. The lowest BCUT2D eigenvalue weighted by atomic mass is 10.2. The summed E-state index contributed by atoms with van der Waals surface area (Å²) in [6, 6.07) is 3.56. The topological polar surface area (TPSA) is 46.5 Å². The molecular formula is C8H8F3O3P. The Hall–Kier alpha value is -1.00. The number of hydrogen-bond acceptors (Lipinski definition) is 2. The normalized spacial score (nSPS) is 15.8. The molecule has 1 aromatic rings. The second-order valence-corrected chi connectivity index (χ2v) is 4.70. The summed E-state index contributed by atoms with van der Waals surface area (Å²) in [6.45, 7) is 0.949. The Morgan fingerprint density at radius 2 is 1.73 bits per heavy atom. The van der Waals surface area contributed by atoms with Crippen LogP contribution < -0.4 is 4.52 Å². The zero-order chi connectivity index (χ0) is 11.7. The quantitative estimate of drug-likeness (QED) is 0.808. The van der Waals surface area contributed by atoms with Gasteiger partial charge in [-0.25, -0.2) is 4.57 Å². The summed E-state index contributed by atoms with van der Waals surface area (Å²) in [5.74, 6) is -0.0728. The smallest absolute Gasteiger partial charge is 0.416 e. The van der Waals surface area contributed by atoms with Crippen LogP contribution >= 0.6 is 7.60 Å². The lowest BCUT2D eigenvalue weighted by molar-refractivity contribution is -0.137. The minimum absolute atomic E-state index is 0.0728. The van der Waals surface area contributed by atoms with E-state index in [9.17, 15) is 17.7 Å². The van der Waals surface area contributed by atoms with E-state index in [1.54, 1.807) is 0 Å². The van der Waals surface area contributed by atoms with Gasteiger partial charge in [0, 0.05) is 6.66 Å². The maximum atomic E-state index is 12.1. The summed E-state index contributed by atoms with van der Waals surface area (Å²) >= 11 is 0. The van der Waals surface area contributed by atoms with E-state index in [4.69, 9.17) is 4.89 Å². The van der Waals surface area contributed by atoms with Gasteiger partial charge in [-0.2, -0.15) is 13.2 Å². The largest absolute Gasteiger partial charge is 0.425 e. The Kier molecular flexibility index (Phi) is 3.11. The predicted octanol–water partition coefficient (Wildman–Crippen LogP) is 2.90. The predicted molar refractivity (Wildman–Crippen MR) is 47.8 cm³/mol. The highest BCUT2D eigenvalue weighted by Crippen LogP contribution is 2.39. The summed E-state index contributed by atoms with van der Waals surface area (Å²) in [4.78, 5) is 8.81. The van der Waals surface area contributed by atoms with E-state index in [0.29, 0.717) is 0 Å². The van der Waals surface area contributed by atoms with E-state index in [2.05, 4.69) is 4.52 Å². The Morgan fingerprint density at radius 3 is 2.07 bits per heavy atom. The molecule has 0 saturated heterocycles. The Labute approximate surface area is 84.0 Å². The highest BCUT2D eigenvalue weighted by molar-refractivity contribution is 7.52. The van der Waals surface area contributed by atoms with Gasteiger partial charge in [0.05, 0.1) is 5.56 Å². The van der Waals surface area contributed by atoms with Crippen LogP contribution in [-0.4, -0.2) is 11.6 Å². The molecule has 0 aliphatic heterocycles. The molecule has 1 aromatic carbocycles. The van der Waals surface area contributed by atoms with Crippen molar-refractivity contribution in [3.63, 3.8) is 0 Å². The fraction of sp³-hybridized carbons (Fsp3) is 0.250. The molecule has 0 radical (unpaired) electrons. The molecule has 0 heterocycles. The lowest BCUT2D eigenvalue weighted by Gasteiger charge is -2.10. The van der Waals surface area contributed by atoms with E-state index in [0.717, 1.165) is 30.9 Å². The van der Waals surface area contributed by atoms with Gasteiger partial charge in [0.15, 0.2) is 0 Å². The van der Waals surface area contributed by atoms with E-state index < -0.39 is 19.3 Å². The maximum Gasteiger partial charge on any atom is 0.416 e. The van der Waals surface area contributed by atoms with Crippen LogP contribution in [0.1, 0.15) is 5.56 Å². The monoisotopic (exact) mass is 240 g/mol. The maximum absolute atomic E-state index is 12.1. The fourth-order valence-electron chi connectivity index (χ4n) is 0.900. The molecule has 7 heteroatoms. The third-order valence-electron chi connectivity index (χ3n) is 1.46. The van der Waals surface area contributed by atoms with E-state index >= 15 is 0 Å². The van der Waals surface area contributed by atoms with Gasteiger partial charge in [-0.15, -0.1) is 0 Å². The third kappa shape index (κ3) is 3.93. The average molecular weight is 240 g/mol. The van der Waals surface area contributed by atoms with Crippen molar-refractivity contribution in [3.05, 3.63) is 29.8 Å². The molecule has 0 aromatic heterocycles. The van der Waals surface area contributed by atoms with Gasteiger partial charge in [0.25, 0.3) is 0 Å². The van der Waals surface area contributed by atoms with E-state index in [-0.39, 0.29) is 5.75 Å². The third-order valence-corrected chi connectivity index (χ3v) is 2.01. The highest BCUT2D eigenvalue weighted by atomic mass is 31.2. The van der Waals surface area contributed by atoms with E-state index in [1.165, 1.54) is 0 Å². The van der Waals surface area contributed by atoms with Crippen LogP contribution in [0, 0.1) is 0 Å². The molecule has 84 valence electrons. The zero-order valence-electron chi connectivity index (χ0n) is 7.65. The van der Waals surface area contributed by atoms with Crippen molar-refractivity contribution in [2.45, 2.75) is 6.18 Å². The van der Waals surface area contributed by atoms with Crippen molar-refractivity contribution in [1.29, 1.82) is 0 Å². The SMILES string of the molecule is CP(=O)(O)Oc1ccc(C(F)(F)F)cc1. The van der Waals surface area contributed by atoms with Gasteiger partial charge in [-0.1, -0.05) is 0 Å². The van der Waals surface area contributed by atoms with E-state index in [1.807, 2.05) is 0 Å². The highest BCUT2D eigenvalue weighted by Gasteiger charge is 2.30. The van der Waals surface area contributed by atoms with Crippen LogP contribution in [0.5, 0.6) is 5.75 Å². The van der Waals surface area contributed by atoms with Crippen LogP contribution in [0.2, 0.25) is 0 Å². The van der Waals surface area contributed by atoms with Crippen LogP contribution in [0.4, 0.5) is 13.2 Å². The zero-order valence-corrected chi connectivity index (χ0v) is 8.55. The number of rotatable bonds is 2. The van der Waals surface area contributed by atoms with Crippen LogP contribution in [0.25, 0.3) is 0 Å². The summed E-state index contributed by atoms with van der Waals surface area (Å²) in [5, 5.41) is 0. The van der Waals surface area contributed by atoms with Crippen LogP contribution in [0.3, 0.4) is 0 Å². The van der Waals surface area contributed by atoms with Crippen molar-refractivity contribution in [2.75, 3.05) is 6.66 Å². The molecule has 1 atom stereocenters. The first-order chi connectivity index (χ1) is 6.68. The van der Waals surface area contributed by atoms with Gasteiger partial charge in [0.1, 0.15) is 5.75 Å². The lowest BCUT2D eigenvalue weighted by Crippen LogP contribution is -2.04. The van der Waals surface area contributed by atoms with Gasteiger partial charge in [-0.3, -0.25) is 0 Å².